The van der Waals surface area contributed by atoms with Crippen LogP contribution in [-0.2, 0) is 0 Å². The Morgan fingerprint density at radius 1 is 1.53 bits per heavy atom. The van der Waals surface area contributed by atoms with Crippen LogP contribution >= 0.6 is 22.9 Å². The smallest absolute Gasteiger partial charge is 0.225 e. The van der Waals surface area contributed by atoms with Gasteiger partial charge in [-0.25, -0.2) is 9.97 Å². The summed E-state index contributed by atoms with van der Waals surface area (Å²) in [5.74, 6) is 0.684. The number of anilines is 1. The van der Waals surface area contributed by atoms with Crippen LogP contribution in [0.5, 0.6) is 0 Å². The number of aliphatic hydroxyl groups excluding tert-OH is 1. The molecular formula is C9H10ClN3OS. The van der Waals surface area contributed by atoms with E-state index in [9.17, 15) is 0 Å². The van der Waals surface area contributed by atoms with Gasteiger partial charge in [0, 0.05) is 11.4 Å². The molecule has 0 aliphatic carbocycles. The summed E-state index contributed by atoms with van der Waals surface area (Å²) >= 11 is 7.37. The minimum atomic E-state index is 0.0617. The van der Waals surface area contributed by atoms with Gasteiger partial charge in [0.25, 0.3) is 0 Å². The molecular weight excluding hydrogens is 234 g/mol. The summed E-state index contributed by atoms with van der Waals surface area (Å²) in [5, 5.41) is 12.9. The van der Waals surface area contributed by atoms with Gasteiger partial charge in [0.05, 0.1) is 12.0 Å². The minimum absolute atomic E-state index is 0.0617. The number of aryl methyl sites for hydroxylation is 1. The Bertz CT molecular complexity index is 485. The van der Waals surface area contributed by atoms with Gasteiger partial charge < -0.3 is 10.4 Å². The summed E-state index contributed by atoms with van der Waals surface area (Å²) in [7, 11) is 0. The number of hydrogen-bond acceptors (Lipinski definition) is 5. The van der Waals surface area contributed by atoms with Gasteiger partial charge in [0.15, 0.2) is 0 Å². The zero-order valence-electron chi connectivity index (χ0n) is 8.12. The number of aliphatic hydroxyl groups is 1. The van der Waals surface area contributed by atoms with Gasteiger partial charge in [0.2, 0.25) is 5.28 Å². The SMILES string of the molecule is Cc1cc2c(NCCO)nc(Cl)nc2s1. The fourth-order valence-electron chi connectivity index (χ4n) is 1.32. The van der Waals surface area contributed by atoms with Crippen LogP contribution < -0.4 is 5.32 Å². The molecule has 0 aliphatic heterocycles. The highest BCUT2D eigenvalue weighted by atomic mass is 35.5. The van der Waals surface area contributed by atoms with E-state index < -0.39 is 0 Å². The molecule has 0 atom stereocenters. The maximum absolute atomic E-state index is 8.74. The first-order valence-electron chi connectivity index (χ1n) is 4.49. The quantitative estimate of drug-likeness (QED) is 0.811. The highest BCUT2D eigenvalue weighted by Gasteiger charge is 2.08. The zero-order valence-corrected chi connectivity index (χ0v) is 9.69. The monoisotopic (exact) mass is 243 g/mol. The van der Waals surface area contributed by atoms with Crippen LogP contribution in [0.25, 0.3) is 10.2 Å². The lowest BCUT2D eigenvalue weighted by Gasteiger charge is -2.04. The molecule has 4 nitrogen and oxygen atoms in total. The molecule has 80 valence electrons. The second-order valence-electron chi connectivity index (χ2n) is 3.07. The number of thiophene rings is 1. The summed E-state index contributed by atoms with van der Waals surface area (Å²) in [4.78, 5) is 10.3. The van der Waals surface area contributed by atoms with Gasteiger partial charge in [-0.3, -0.25) is 0 Å². The van der Waals surface area contributed by atoms with Crippen LogP contribution in [0.3, 0.4) is 0 Å². The van der Waals surface area contributed by atoms with Crippen molar-refractivity contribution in [3.63, 3.8) is 0 Å². The molecule has 15 heavy (non-hydrogen) atoms. The Labute approximate surface area is 95.9 Å². The van der Waals surface area contributed by atoms with E-state index in [0.29, 0.717) is 12.4 Å². The standard InChI is InChI=1S/C9H10ClN3OS/c1-5-4-6-7(11-2-3-14)12-9(10)13-8(6)15-5/h4,14H,2-3H2,1H3,(H,11,12,13). The van der Waals surface area contributed by atoms with Crippen LogP contribution in [0.4, 0.5) is 5.82 Å². The van der Waals surface area contributed by atoms with Crippen molar-refractivity contribution in [1.82, 2.24) is 9.97 Å². The third-order valence-electron chi connectivity index (χ3n) is 1.89. The van der Waals surface area contributed by atoms with Crippen molar-refractivity contribution in [2.24, 2.45) is 0 Å². The first-order chi connectivity index (χ1) is 7.20. The van der Waals surface area contributed by atoms with Gasteiger partial charge in [-0.2, -0.15) is 0 Å². The van der Waals surface area contributed by atoms with Crippen LogP contribution in [-0.4, -0.2) is 28.2 Å². The van der Waals surface area contributed by atoms with Crippen LogP contribution in [0.1, 0.15) is 4.88 Å². The summed E-state index contributed by atoms with van der Waals surface area (Å²) in [6.45, 7) is 2.53. The Kier molecular flexibility index (Phi) is 3.04. The molecule has 0 fully saturated rings. The third kappa shape index (κ3) is 2.19. The number of fused-ring (bicyclic) bond motifs is 1. The van der Waals surface area contributed by atoms with E-state index in [-0.39, 0.29) is 11.9 Å². The molecule has 6 heteroatoms. The lowest BCUT2D eigenvalue weighted by Crippen LogP contribution is -2.07. The molecule has 0 unspecified atom stereocenters. The molecule has 0 aliphatic rings. The van der Waals surface area contributed by atoms with E-state index >= 15 is 0 Å². The average molecular weight is 244 g/mol. The van der Waals surface area contributed by atoms with Gasteiger partial charge in [-0.15, -0.1) is 11.3 Å². The second-order valence-corrected chi connectivity index (χ2v) is 4.64. The molecule has 0 spiro atoms. The van der Waals surface area contributed by atoms with E-state index in [1.807, 2.05) is 13.0 Å². The minimum Gasteiger partial charge on any atom is -0.395 e. The molecule has 0 saturated carbocycles. The van der Waals surface area contributed by atoms with E-state index in [1.165, 1.54) is 0 Å². The normalized spacial score (nSPS) is 10.9. The first-order valence-corrected chi connectivity index (χ1v) is 5.68. The highest BCUT2D eigenvalue weighted by molar-refractivity contribution is 7.18. The number of hydrogen-bond donors (Lipinski definition) is 2. The van der Waals surface area contributed by atoms with Gasteiger partial charge in [-0.1, -0.05) is 0 Å². The topological polar surface area (TPSA) is 58.0 Å². The van der Waals surface area contributed by atoms with Crippen LogP contribution in [0.15, 0.2) is 6.07 Å². The molecule has 0 amide bonds. The Balaban J connectivity index is 2.50. The molecule has 2 rings (SSSR count). The lowest BCUT2D eigenvalue weighted by atomic mass is 10.3. The van der Waals surface area contributed by atoms with E-state index in [0.717, 1.165) is 15.1 Å². The fourth-order valence-corrected chi connectivity index (χ4v) is 2.42. The van der Waals surface area contributed by atoms with Crippen molar-refractivity contribution in [1.29, 1.82) is 0 Å². The van der Waals surface area contributed by atoms with Crippen molar-refractivity contribution in [2.45, 2.75) is 6.92 Å². The number of nitrogens with zero attached hydrogens (tertiary/aromatic N) is 2. The molecule has 2 N–H and O–H groups in total. The third-order valence-corrected chi connectivity index (χ3v) is 3.01. The largest absolute Gasteiger partial charge is 0.395 e. The maximum Gasteiger partial charge on any atom is 0.225 e. The van der Waals surface area contributed by atoms with Crippen LogP contribution in [0, 0.1) is 6.92 Å². The van der Waals surface area contributed by atoms with E-state index in [1.54, 1.807) is 11.3 Å². The summed E-state index contributed by atoms with van der Waals surface area (Å²) in [6.07, 6.45) is 0. The Hall–Kier alpha value is -0.910. The number of rotatable bonds is 3. The number of nitrogens with one attached hydrogen (secondary N) is 1. The lowest BCUT2D eigenvalue weighted by molar-refractivity contribution is 0.311. The van der Waals surface area contributed by atoms with Crippen molar-refractivity contribution in [2.75, 3.05) is 18.5 Å². The molecule has 0 saturated heterocycles. The fraction of sp³-hybridized carbons (Fsp3) is 0.333. The summed E-state index contributed by atoms with van der Waals surface area (Å²) in [6, 6.07) is 2.01. The number of halogens is 1. The van der Waals surface area contributed by atoms with Crippen molar-refractivity contribution < 1.29 is 5.11 Å². The first kappa shape index (κ1) is 10.6. The molecule has 2 aromatic rings. The molecule has 0 aromatic carbocycles. The Morgan fingerprint density at radius 3 is 3.07 bits per heavy atom. The average Bonchev–Trinajstić information content (AvgIpc) is 2.54. The van der Waals surface area contributed by atoms with Crippen molar-refractivity contribution >= 4 is 39.0 Å². The summed E-state index contributed by atoms with van der Waals surface area (Å²) in [5.41, 5.74) is 0. The van der Waals surface area contributed by atoms with Crippen molar-refractivity contribution in [3.8, 4) is 0 Å². The highest BCUT2D eigenvalue weighted by Crippen LogP contribution is 2.29. The van der Waals surface area contributed by atoms with Gasteiger partial charge >= 0.3 is 0 Å². The molecule has 0 radical (unpaired) electrons. The maximum atomic E-state index is 8.74. The zero-order chi connectivity index (χ0) is 10.8. The molecule has 2 aromatic heterocycles. The second kappa shape index (κ2) is 4.30. The van der Waals surface area contributed by atoms with E-state index in [2.05, 4.69) is 15.3 Å². The summed E-state index contributed by atoms with van der Waals surface area (Å²) < 4.78 is 0. The molecule has 2 heterocycles. The molecule has 0 bridgehead atoms. The van der Waals surface area contributed by atoms with E-state index in [4.69, 9.17) is 16.7 Å². The Morgan fingerprint density at radius 2 is 2.33 bits per heavy atom. The number of aromatic nitrogens is 2. The van der Waals surface area contributed by atoms with Crippen molar-refractivity contribution in [3.05, 3.63) is 16.2 Å². The van der Waals surface area contributed by atoms with Gasteiger partial charge in [-0.05, 0) is 24.6 Å². The predicted molar refractivity (Wildman–Crippen MR) is 62.7 cm³/mol. The predicted octanol–water partition coefficient (Wildman–Crippen LogP) is 2.06. The van der Waals surface area contributed by atoms with Crippen LogP contribution in [0.2, 0.25) is 5.28 Å². The van der Waals surface area contributed by atoms with Gasteiger partial charge in [0.1, 0.15) is 10.6 Å².